The fourth-order valence-electron chi connectivity index (χ4n) is 3.09. The topological polar surface area (TPSA) is 65.1 Å². The maximum Gasteiger partial charge on any atom is 0.111 e. The van der Waals surface area contributed by atoms with E-state index in [9.17, 15) is 0 Å². The van der Waals surface area contributed by atoms with E-state index in [4.69, 9.17) is 15.6 Å². The van der Waals surface area contributed by atoms with Crippen LogP contribution in [-0.4, -0.2) is 27.8 Å². The number of hydrogen-bond donors (Lipinski definition) is 2. The molecule has 0 aliphatic carbocycles. The van der Waals surface area contributed by atoms with E-state index in [2.05, 4.69) is 30.0 Å². The maximum atomic E-state index is 5.90. The molecule has 1 fully saturated rings. The van der Waals surface area contributed by atoms with Crippen LogP contribution < -0.4 is 11.3 Å². The van der Waals surface area contributed by atoms with Crippen LogP contribution in [0.2, 0.25) is 0 Å². The zero-order valence-corrected chi connectivity index (χ0v) is 12.1. The van der Waals surface area contributed by atoms with Crippen LogP contribution in [-0.2, 0) is 18.2 Å². The molecule has 1 aliphatic rings. The minimum absolute atomic E-state index is 0.0699. The second-order valence-electron chi connectivity index (χ2n) is 5.76. The highest BCUT2D eigenvalue weighted by Crippen LogP contribution is 2.30. The quantitative estimate of drug-likeness (QED) is 0.655. The van der Waals surface area contributed by atoms with Gasteiger partial charge in [-0.15, -0.1) is 0 Å². The first-order valence-electron chi connectivity index (χ1n) is 7.14. The van der Waals surface area contributed by atoms with E-state index in [0.717, 1.165) is 42.7 Å². The standard InChI is InChI=1S/C15H22N4O/c1-15(8-5-9-20-15)13(18-16)10-14-17-11-6-3-4-7-12(11)19(14)2/h3-4,6-7,13,18H,5,8-10,16H2,1-2H3. The molecular weight excluding hydrogens is 252 g/mol. The van der Waals surface area contributed by atoms with Crippen LogP contribution >= 0.6 is 0 Å². The zero-order valence-electron chi connectivity index (χ0n) is 12.1. The first kappa shape index (κ1) is 13.5. The lowest BCUT2D eigenvalue weighted by atomic mass is 9.91. The highest BCUT2D eigenvalue weighted by Gasteiger charge is 2.38. The van der Waals surface area contributed by atoms with Crippen molar-refractivity contribution in [2.75, 3.05) is 6.61 Å². The molecule has 2 heterocycles. The molecule has 5 nitrogen and oxygen atoms in total. The van der Waals surface area contributed by atoms with Crippen molar-refractivity contribution in [3.05, 3.63) is 30.1 Å². The molecule has 0 amide bonds. The summed E-state index contributed by atoms with van der Waals surface area (Å²) in [4.78, 5) is 4.71. The summed E-state index contributed by atoms with van der Waals surface area (Å²) in [6.07, 6.45) is 2.89. The summed E-state index contributed by atoms with van der Waals surface area (Å²) in [5.74, 6) is 6.80. The molecule has 108 valence electrons. The van der Waals surface area contributed by atoms with Gasteiger partial charge in [-0.25, -0.2) is 4.98 Å². The van der Waals surface area contributed by atoms with Crippen LogP contribution in [0.15, 0.2) is 24.3 Å². The Kier molecular flexibility index (Phi) is 3.50. The molecule has 0 bridgehead atoms. The Morgan fingerprint density at radius 3 is 2.95 bits per heavy atom. The first-order valence-corrected chi connectivity index (χ1v) is 7.14. The van der Waals surface area contributed by atoms with Crippen LogP contribution in [0.3, 0.4) is 0 Å². The third kappa shape index (κ3) is 2.22. The van der Waals surface area contributed by atoms with Crippen molar-refractivity contribution in [3.63, 3.8) is 0 Å². The number of para-hydroxylation sites is 2. The van der Waals surface area contributed by atoms with Gasteiger partial charge in [-0.2, -0.15) is 0 Å². The van der Waals surface area contributed by atoms with Crippen molar-refractivity contribution < 1.29 is 4.74 Å². The Balaban J connectivity index is 1.89. The molecule has 0 radical (unpaired) electrons. The van der Waals surface area contributed by atoms with Crippen molar-refractivity contribution in [3.8, 4) is 0 Å². The van der Waals surface area contributed by atoms with Crippen molar-refractivity contribution in [2.24, 2.45) is 12.9 Å². The van der Waals surface area contributed by atoms with Gasteiger partial charge in [0.05, 0.1) is 22.7 Å². The largest absolute Gasteiger partial charge is 0.374 e. The number of ether oxygens (including phenoxy) is 1. The van der Waals surface area contributed by atoms with E-state index >= 15 is 0 Å². The van der Waals surface area contributed by atoms with Crippen molar-refractivity contribution in [2.45, 2.75) is 37.8 Å². The number of fused-ring (bicyclic) bond motifs is 1. The van der Waals surface area contributed by atoms with Gasteiger partial charge in [0.15, 0.2) is 0 Å². The average molecular weight is 274 g/mol. The number of nitrogens with two attached hydrogens (primary N) is 1. The molecule has 3 rings (SSSR count). The van der Waals surface area contributed by atoms with E-state index in [1.807, 2.05) is 18.2 Å². The van der Waals surface area contributed by atoms with Crippen molar-refractivity contribution in [1.29, 1.82) is 0 Å². The number of aryl methyl sites for hydroxylation is 1. The monoisotopic (exact) mass is 274 g/mol. The minimum Gasteiger partial charge on any atom is -0.374 e. The maximum absolute atomic E-state index is 5.90. The molecule has 1 aromatic heterocycles. The Labute approximate surface area is 119 Å². The van der Waals surface area contributed by atoms with E-state index in [-0.39, 0.29) is 11.6 Å². The molecule has 2 unspecified atom stereocenters. The predicted octanol–water partition coefficient (Wildman–Crippen LogP) is 1.52. The molecular formula is C15H22N4O. The van der Waals surface area contributed by atoms with Gasteiger partial charge in [0, 0.05) is 20.1 Å². The first-order chi connectivity index (χ1) is 9.64. The van der Waals surface area contributed by atoms with Gasteiger partial charge in [0.1, 0.15) is 5.82 Å². The molecule has 0 saturated carbocycles. The molecule has 1 aromatic carbocycles. The average Bonchev–Trinajstić information content (AvgIpc) is 3.02. The lowest BCUT2D eigenvalue weighted by Crippen LogP contribution is -2.52. The Morgan fingerprint density at radius 1 is 1.50 bits per heavy atom. The summed E-state index contributed by atoms with van der Waals surface area (Å²) in [7, 11) is 2.05. The fourth-order valence-corrected chi connectivity index (χ4v) is 3.09. The molecule has 3 N–H and O–H groups in total. The van der Waals surface area contributed by atoms with Gasteiger partial charge in [-0.1, -0.05) is 12.1 Å². The Hall–Kier alpha value is -1.43. The number of aromatic nitrogens is 2. The predicted molar refractivity (Wildman–Crippen MR) is 79.1 cm³/mol. The molecule has 2 atom stereocenters. The minimum atomic E-state index is -0.202. The summed E-state index contributed by atoms with van der Waals surface area (Å²) in [5, 5.41) is 0. The Bertz CT molecular complexity index is 601. The number of hydrazine groups is 1. The smallest absolute Gasteiger partial charge is 0.111 e. The van der Waals surface area contributed by atoms with Gasteiger partial charge < -0.3 is 9.30 Å². The third-order valence-corrected chi connectivity index (χ3v) is 4.45. The number of benzene rings is 1. The van der Waals surface area contributed by atoms with Crippen LogP contribution in [0.5, 0.6) is 0 Å². The summed E-state index contributed by atoms with van der Waals surface area (Å²) in [6, 6.07) is 8.25. The normalized spacial score (nSPS) is 24.4. The van der Waals surface area contributed by atoms with Crippen LogP contribution in [0.4, 0.5) is 0 Å². The third-order valence-electron chi connectivity index (χ3n) is 4.45. The summed E-state index contributed by atoms with van der Waals surface area (Å²) >= 11 is 0. The summed E-state index contributed by atoms with van der Waals surface area (Å²) in [6.45, 7) is 2.95. The van der Waals surface area contributed by atoms with Gasteiger partial charge in [-0.05, 0) is 31.9 Å². The number of rotatable bonds is 4. The molecule has 1 saturated heterocycles. The van der Waals surface area contributed by atoms with Gasteiger partial charge in [0.25, 0.3) is 0 Å². The highest BCUT2D eigenvalue weighted by molar-refractivity contribution is 5.75. The number of nitrogens with zero attached hydrogens (tertiary/aromatic N) is 2. The van der Waals surface area contributed by atoms with E-state index in [0.29, 0.717) is 0 Å². The number of hydrogen-bond acceptors (Lipinski definition) is 4. The molecule has 5 heteroatoms. The van der Waals surface area contributed by atoms with Gasteiger partial charge >= 0.3 is 0 Å². The Morgan fingerprint density at radius 2 is 2.30 bits per heavy atom. The zero-order chi connectivity index (χ0) is 14.2. The van der Waals surface area contributed by atoms with E-state index in [1.165, 1.54) is 0 Å². The van der Waals surface area contributed by atoms with E-state index in [1.54, 1.807) is 0 Å². The molecule has 1 aliphatic heterocycles. The molecule has 20 heavy (non-hydrogen) atoms. The lowest BCUT2D eigenvalue weighted by molar-refractivity contribution is -0.0121. The van der Waals surface area contributed by atoms with Crippen LogP contribution in [0.1, 0.15) is 25.6 Å². The van der Waals surface area contributed by atoms with E-state index < -0.39 is 0 Å². The summed E-state index contributed by atoms with van der Waals surface area (Å²) in [5.41, 5.74) is 4.90. The second kappa shape index (κ2) is 5.16. The van der Waals surface area contributed by atoms with Gasteiger partial charge in [0.2, 0.25) is 0 Å². The van der Waals surface area contributed by atoms with Gasteiger partial charge in [-0.3, -0.25) is 11.3 Å². The number of imidazole rings is 1. The van der Waals surface area contributed by atoms with Crippen molar-refractivity contribution >= 4 is 11.0 Å². The van der Waals surface area contributed by atoms with Crippen LogP contribution in [0, 0.1) is 0 Å². The molecule has 0 spiro atoms. The lowest BCUT2D eigenvalue weighted by Gasteiger charge is -2.32. The fraction of sp³-hybridized carbons (Fsp3) is 0.533. The highest BCUT2D eigenvalue weighted by atomic mass is 16.5. The SMILES string of the molecule is Cn1c(CC(NN)C2(C)CCCO2)nc2ccccc21. The molecule has 2 aromatic rings. The van der Waals surface area contributed by atoms with Crippen LogP contribution in [0.25, 0.3) is 11.0 Å². The summed E-state index contributed by atoms with van der Waals surface area (Å²) < 4.78 is 8.04. The van der Waals surface area contributed by atoms with Crippen molar-refractivity contribution in [1.82, 2.24) is 15.0 Å². The number of nitrogens with one attached hydrogen (secondary N) is 1. The second-order valence-corrected chi connectivity index (χ2v) is 5.76.